The Bertz CT molecular complexity index is 584. The second-order valence-corrected chi connectivity index (χ2v) is 4.68. The van der Waals surface area contributed by atoms with Crippen molar-refractivity contribution in [3.63, 3.8) is 0 Å². The highest BCUT2D eigenvalue weighted by Crippen LogP contribution is 2.30. The molecule has 0 amide bonds. The summed E-state index contributed by atoms with van der Waals surface area (Å²) in [6, 6.07) is 8.17. The third-order valence-corrected chi connectivity index (χ3v) is 3.15. The Kier molecular flexibility index (Phi) is 3.96. The van der Waals surface area contributed by atoms with Gasteiger partial charge in [0.25, 0.3) is 0 Å². The number of halogens is 4. The number of nitrogens with two attached hydrogens (primary N) is 1. The lowest BCUT2D eigenvalue weighted by molar-refractivity contribution is -0.136. The molecule has 0 saturated heterocycles. The molecule has 1 aromatic heterocycles. The number of aromatic nitrogens is 1. The van der Waals surface area contributed by atoms with Crippen LogP contribution in [0.3, 0.4) is 0 Å². The lowest BCUT2D eigenvalue weighted by Gasteiger charge is -2.15. The second kappa shape index (κ2) is 5.35. The lowest BCUT2D eigenvalue weighted by Crippen LogP contribution is -2.16. The maximum Gasteiger partial charge on any atom is 0.389 e. The molecule has 0 unspecified atom stereocenters. The Labute approximate surface area is 113 Å². The predicted molar refractivity (Wildman–Crippen MR) is 69.0 cm³/mol. The molecule has 2 N–H and O–H groups in total. The Morgan fingerprint density at radius 2 is 1.95 bits per heavy atom. The Morgan fingerprint density at radius 3 is 2.63 bits per heavy atom. The van der Waals surface area contributed by atoms with Gasteiger partial charge in [-0.3, -0.25) is 0 Å². The summed E-state index contributed by atoms with van der Waals surface area (Å²) in [6.45, 7) is 0. The fourth-order valence-electron chi connectivity index (χ4n) is 1.84. The smallest absolute Gasteiger partial charge is 0.324 e. The third kappa shape index (κ3) is 3.58. The molecule has 0 bridgehead atoms. The summed E-state index contributed by atoms with van der Waals surface area (Å²) < 4.78 is 36.5. The number of alkyl halides is 3. The van der Waals surface area contributed by atoms with Gasteiger partial charge in [-0.15, -0.1) is 0 Å². The van der Waals surface area contributed by atoms with Gasteiger partial charge in [0.05, 0.1) is 5.52 Å². The van der Waals surface area contributed by atoms with Gasteiger partial charge in [-0.1, -0.05) is 29.8 Å². The van der Waals surface area contributed by atoms with Crippen LogP contribution in [0.4, 0.5) is 13.2 Å². The van der Waals surface area contributed by atoms with E-state index in [4.69, 9.17) is 17.3 Å². The summed E-state index contributed by atoms with van der Waals surface area (Å²) in [4.78, 5) is 4.15. The van der Waals surface area contributed by atoms with Gasteiger partial charge in [0.2, 0.25) is 0 Å². The molecule has 0 aliphatic rings. The van der Waals surface area contributed by atoms with Crippen molar-refractivity contribution in [3.05, 3.63) is 41.0 Å². The van der Waals surface area contributed by atoms with Crippen molar-refractivity contribution in [1.29, 1.82) is 0 Å². The minimum absolute atomic E-state index is 0.161. The number of fused-ring (bicyclic) bond motifs is 1. The Morgan fingerprint density at radius 1 is 1.26 bits per heavy atom. The lowest BCUT2D eigenvalue weighted by atomic mass is 10.0. The molecule has 102 valence electrons. The van der Waals surface area contributed by atoms with Crippen molar-refractivity contribution in [2.24, 2.45) is 5.73 Å². The van der Waals surface area contributed by atoms with E-state index in [0.717, 1.165) is 5.39 Å². The summed E-state index contributed by atoms with van der Waals surface area (Å²) in [5, 5.41) is 0.970. The number of pyridine rings is 1. The van der Waals surface area contributed by atoms with E-state index < -0.39 is 18.6 Å². The van der Waals surface area contributed by atoms with Crippen LogP contribution in [0.1, 0.15) is 24.4 Å². The first-order valence-corrected chi connectivity index (χ1v) is 6.12. The van der Waals surface area contributed by atoms with E-state index in [9.17, 15) is 13.2 Å². The fourth-order valence-corrected chi connectivity index (χ4v) is 2.13. The SMILES string of the molecule is N[C@H](CCC(F)(F)F)c1cc2ccccc2nc1Cl. The molecule has 6 heteroatoms. The molecule has 2 nitrogen and oxygen atoms in total. The van der Waals surface area contributed by atoms with Crippen LogP contribution in [-0.4, -0.2) is 11.2 Å². The number of hydrogen-bond acceptors (Lipinski definition) is 2. The quantitative estimate of drug-likeness (QED) is 0.858. The molecule has 0 aliphatic carbocycles. The maximum absolute atomic E-state index is 12.2. The molecule has 0 spiro atoms. The van der Waals surface area contributed by atoms with Crippen molar-refractivity contribution in [2.75, 3.05) is 0 Å². The zero-order valence-corrected chi connectivity index (χ0v) is 10.7. The standard InChI is InChI=1S/C13H12ClF3N2/c14-12-9(10(18)5-6-13(15,16)17)7-8-3-1-2-4-11(8)19-12/h1-4,7,10H,5-6,18H2/t10-/m1/s1. The van der Waals surface area contributed by atoms with Gasteiger partial charge >= 0.3 is 6.18 Å². The average Bonchev–Trinajstić information content (AvgIpc) is 2.34. The molecule has 2 aromatic rings. The molecule has 19 heavy (non-hydrogen) atoms. The van der Waals surface area contributed by atoms with Gasteiger partial charge in [-0.05, 0) is 18.6 Å². The minimum atomic E-state index is -4.21. The minimum Gasteiger partial charge on any atom is -0.324 e. The normalized spacial score (nSPS) is 13.7. The van der Waals surface area contributed by atoms with Crippen molar-refractivity contribution in [2.45, 2.75) is 25.1 Å². The zero-order valence-electron chi connectivity index (χ0n) is 9.91. The summed E-state index contributed by atoms with van der Waals surface area (Å²) in [6.07, 6.45) is -5.35. The predicted octanol–water partition coefficient (Wildman–Crippen LogP) is 4.23. The van der Waals surface area contributed by atoms with E-state index in [2.05, 4.69) is 4.98 Å². The molecular weight excluding hydrogens is 277 g/mol. The van der Waals surface area contributed by atoms with Crippen LogP contribution < -0.4 is 5.73 Å². The van der Waals surface area contributed by atoms with Gasteiger partial charge in [-0.2, -0.15) is 13.2 Å². The molecule has 1 aromatic carbocycles. The highest BCUT2D eigenvalue weighted by atomic mass is 35.5. The van der Waals surface area contributed by atoms with Crippen molar-refractivity contribution in [1.82, 2.24) is 4.98 Å². The van der Waals surface area contributed by atoms with Crippen LogP contribution in [0, 0.1) is 0 Å². The zero-order chi connectivity index (χ0) is 14.0. The highest BCUT2D eigenvalue weighted by Gasteiger charge is 2.28. The van der Waals surface area contributed by atoms with Crippen molar-refractivity contribution < 1.29 is 13.2 Å². The van der Waals surface area contributed by atoms with Crippen LogP contribution in [0.15, 0.2) is 30.3 Å². The van der Waals surface area contributed by atoms with Gasteiger partial charge in [0.15, 0.2) is 0 Å². The van der Waals surface area contributed by atoms with Gasteiger partial charge in [0.1, 0.15) is 5.15 Å². The van der Waals surface area contributed by atoms with Crippen LogP contribution in [0.25, 0.3) is 10.9 Å². The molecule has 2 rings (SSSR count). The van der Waals surface area contributed by atoms with Crippen LogP contribution in [0.5, 0.6) is 0 Å². The first kappa shape index (κ1) is 14.1. The van der Waals surface area contributed by atoms with Gasteiger partial charge in [-0.25, -0.2) is 4.98 Å². The second-order valence-electron chi connectivity index (χ2n) is 4.32. The van der Waals surface area contributed by atoms with Crippen LogP contribution in [-0.2, 0) is 0 Å². The topological polar surface area (TPSA) is 38.9 Å². The average molecular weight is 289 g/mol. The number of benzene rings is 1. The van der Waals surface area contributed by atoms with Crippen LogP contribution in [0.2, 0.25) is 5.15 Å². The van der Waals surface area contributed by atoms with E-state index in [1.165, 1.54) is 0 Å². The van der Waals surface area contributed by atoms with E-state index in [1.807, 2.05) is 18.2 Å². The number of para-hydroxylation sites is 1. The molecule has 1 heterocycles. The third-order valence-electron chi connectivity index (χ3n) is 2.84. The molecule has 0 radical (unpaired) electrons. The van der Waals surface area contributed by atoms with E-state index >= 15 is 0 Å². The maximum atomic E-state index is 12.2. The van der Waals surface area contributed by atoms with E-state index in [1.54, 1.807) is 12.1 Å². The molecule has 0 aliphatic heterocycles. The largest absolute Gasteiger partial charge is 0.389 e. The first-order valence-electron chi connectivity index (χ1n) is 5.74. The molecular formula is C13H12ClF3N2. The monoisotopic (exact) mass is 288 g/mol. The Balaban J connectivity index is 2.26. The van der Waals surface area contributed by atoms with Crippen molar-refractivity contribution in [3.8, 4) is 0 Å². The van der Waals surface area contributed by atoms with Crippen molar-refractivity contribution >= 4 is 22.5 Å². The summed E-state index contributed by atoms with van der Waals surface area (Å²) in [7, 11) is 0. The van der Waals surface area contributed by atoms with Crippen LogP contribution >= 0.6 is 11.6 Å². The summed E-state index contributed by atoms with van der Waals surface area (Å²) >= 11 is 5.98. The molecule has 0 fully saturated rings. The van der Waals surface area contributed by atoms with E-state index in [-0.39, 0.29) is 11.6 Å². The summed E-state index contributed by atoms with van der Waals surface area (Å²) in [5.41, 5.74) is 6.91. The van der Waals surface area contributed by atoms with E-state index in [0.29, 0.717) is 11.1 Å². The molecule has 1 atom stereocenters. The fraction of sp³-hybridized carbons (Fsp3) is 0.308. The number of hydrogen-bond donors (Lipinski definition) is 1. The summed E-state index contributed by atoms with van der Waals surface area (Å²) in [5.74, 6) is 0. The van der Waals surface area contributed by atoms with Gasteiger partial charge in [0, 0.05) is 23.4 Å². The number of rotatable bonds is 3. The first-order chi connectivity index (χ1) is 8.87. The Hall–Kier alpha value is -1.33. The number of nitrogens with zero attached hydrogens (tertiary/aromatic N) is 1. The molecule has 0 saturated carbocycles. The van der Waals surface area contributed by atoms with Gasteiger partial charge < -0.3 is 5.73 Å². The highest BCUT2D eigenvalue weighted by molar-refractivity contribution is 6.30.